The summed E-state index contributed by atoms with van der Waals surface area (Å²) < 4.78 is 0. The summed E-state index contributed by atoms with van der Waals surface area (Å²) in [5, 5.41) is 8.18. The predicted octanol–water partition coefficient (Wildman–Crippen LogP) is 0.0362. The lowest BCUT2D eigenvalue weighted by molar-refractivity contribution is 0.128. The highest BCUT2D eigenvalue weighted by Crippen LogP contribution is 1.90. The Morgan fingerprint density at radius 3 is 2.00 bits per heavy atom. The average molecular weight is 103 g/mol. The van der Waals surface area contributed by atoms with Crippen LogP contribution in [0.5, 0.6) is 0 Å². The van der Waals surface area contributed by atoms with Gasteiger partial charge in [0.1, 0.15) is 0 Å². The molecule has 0 aliphatic rings. The van der Waals surface area contributed by atoms with Crippen molar-refractivity contribution in [2.45, 2.75) is 6.92 Å². The molecule has 0 amide bonds. The molecule has 0 fully saturated rings. The van der Waals surface area contributed by atoms with Gasteiger partial charge in [0.15, 0.2) is 0 Å². The summed E-state index contributed by atoms with van der Waals surface area (Å²) in [7, 11) is 3.69. The summed E-state index contributed by atoms with van der Waals surface area (Å²) in [5.74, 6) is 0. The number of hydroxylamine groups is 1. The van der Waals surface area contributed by atoms with Crippen molar-refractivity contribution >= 4 is 0 Å². The van der Waals surface area contributed by atoms with Gasteiger partial charge in [-0.05, 0) is 14.1 Å². The lowest BCUT2D eigenvalue weighted by Crippen LogP contribution is -2.28. The molecule has 2 N–H and O–H groups in total. The molecule has 0 radical (unpaired) electrons. The third kappa shape index (κ3) is 2.56. The van der Waals surface area contributed by atoms with Gasteiger partial charge in [0.25, 0.3) is 0 Å². The Morgan fingerprint density at radius 1 is 1.57 bits per heavy atom. The number of nitrogens with one attached hydrogen (secondary N) is 1. The van der Waals surface area contributed by atoms with Crippen molar-refractivity contribution in [3.63, 3.8) is 0 Å². The van der Waals surface area contributed by atoms with E-state index in [-0.39, 0.29) is 0 Å². The fraction of sp³-hybridized carbons (Fsp3) is 0.750. The van der Waals surface area contributed by atoms with Gasteiger partial charge in [-0.25, -0.2) is 0 Å². The van der Waals surface area contributed by atoms with Gasteiger partial charge in [-0.2, -0.15) is 13.1 Å². The van der Waals surface area contributed by atoms with Gasteiger partial charge >= 0.3 is 0 Å². The summed E-state index contributed by atoms with van der Waals surface area (Å²) in [5.41, 5.74) is 2.01. The third-order valence-corrected chi connectivity index (χ3v) is 0.833. The molecular weight excluding hydrogens is 92.1 g/mol. The molecular formula is C4H11N2O-. The van der Waals surface area contributed by atoms with E-state index in [0.717, 1.165) is 6.17 Å². The maximum atomic E-state index is 8.18. The van der Waals surface area contributed by atoms with E-state index in [2.05, 4.69) is 0 Å². The zero-order valence-corrected chi connectivity index (χ0v) is 4.89. The van der Waals surface area contributed by atoms with Crippen LogP contribution in [0.3, 0.4) is 0 Å². The number of nitrogens with zero attached hydrogens (tertiary/aromatic N) is 1. The Hall–Kier alpha value is -0.120. The minimum absolute atomic E-state index is 0.736. The molecule has 0 saturated heterocycles. The lowest BCUT2D eigenvalue weighted by atomic mass is 10.5. The number of rotatable bonds is 2. The molecule has 3 nitrogen and oxygen atoms in total. The smallest absolute Gasteiger partial charge is 0.0412 e. The minimum Gasteiger partial charge on any atom is -0.443 e. The highest BCUT2D eigenvalue weighted by molar-refractivity contribution is 4.69. The molecule has 0 bridgehead atoms. The Kier molecular flexibility index (Phi) is 2.91. The van der Waals surface area contributed by atoms with Crippen LogP contribution in [0.1, 0.15) is 6.92 Å². The molecule has 0 aromatic heterocycles. The highest BCUT2D eigenvalue weighted by atomic mass is 16.5. The van der Waals surface area contributed by atoms with E-state index in [1.807, 2.05) is 19.6 Å². The number of hydrogen-bond donors (Lipinski definition) is 2. The van der Waals surface area contributed by atoms with E-state index in [0.29, 0.717) is 0 Å². The Balaban J connectivity index is 3.14. The summed E-state index contributed by atoms with van der Waals surface area (Å²) in [6.07, 6.45) is 0.736. The summed E-state index contributed by atoms with van der Waals surface area (Å²) in [6, 6.07) is 0. The first-order valence-electron chi connectivity index (χ1n) is 2.09. The third-order valence-electron chi connectivity index (χ3n) is 0.833. The van der Waals surface area contributed by atoms with Gasteiger partial charge in [0, 0.05) is 0 Å². The predicted molar refractivity (Wildman–Crippen MR) is 27.5 cm³/mol. The van der Waals surface area contributed by atoms with Gasteiger partial charge < -0.3 is 15.6 Å². The van der Waals surface area contributed by atoms with Crippen molar-refractivity contribution in [3.8, 4) is 0 Å². The fourth-order valence-electron chi connectivity index (χ4n) is 0.100. The molecule has 0 aliphatic carbocycles. The molecule has 0 saturated carbocycles. The first kappa shape index (κ1) is 6.88. The van der Waals surface area contributed by atoms with Crippen LogP contribution in [-0.4, -0.2) is 24.2 Å². The second-order valence-electron chi connectivity index (χ2n) is 1.59. The molecule has 0 unspecified atom stereocenters. The molecule has 0 aliphatic heterocycles. The lowest BCUT2D eigenvalue weighted by Gasteiger charge is -2.32. The van der Waals surface area contributed by atoms with Crippen LogP contribution in [0, 0.1) is 6.17 Å². The van der Waals surface area contributed by atoms with Crippen molar-refractivity contribution in [1.82, 2.24) is 10.4 Å². The van der Waals surface area contributed by atoms with Crippen molar-refractivity contribution in [2.24, 2.45) is 0 Å². The van der Waals surface area contributed by atoms with E-state index in [1.165, 1.54) is 0 Å². The van der Waals surface area contributed by atoms with Crippen LogP contribution in [0.2, 0.25) is 0 Å². The molecule has 0 rings (SSSR count). The van der Waals surface area contributed by atoms with Gasteiger partial charge in [0.2, 0.25) is 0 Å². The average Bonchev–Trinajstić information content (AvgIpc) is 1.65. The maximum absolute atomic E-state index is 8.18. The first-order chi connectivity index (χ1) is 3.18. The zero-order chi connectivity index (χ0) is 5.86. The van der Waals surface area contributed by atoms with Crippen LogP contribution >= 0.6 is 0 Å². The van der Waals surface area contributed by atoms with Crippen molar-refractivity contribution in [3.05, 3.63) is 6.17 Å². The van der Waals surface area contributed by atoms with E-state index in [4.69, 9.17) is 5.21 Å². The van der Waals surface area contributed by atoms with Gasteiger partial charge in [-0.15, -0.1) is 0 Å². The van der Waals surface area contributed by atoms with Crippen LogP contribution < -0.4 is 5.48 Å². The van der Waals surface area contributed by atoms with E-state index < -0.39 is 0 Å². The molecule has 0 heterocycles. The highest BCUT2D eigenvalue weighted by Gasteiger charge is 1.80. The molecule has 0 aromatic rings. The maximum Gasteiger partial charge on any atom is -0.0412 e. The molecule has 7 heavy (non-hydrogen) atoms. The van der Waals surface area contributed by atoms with Crippen LogP contribution in [0.4, 0.5) is 0 Å². The van der Waals surface area contributed by atoms with Gasteiger partial charge in [-0.1, -0.05) is 0 Å². The Labute approximate surface area is 43.9 Å². The second-order valence-corrected chi connectivity index (χ2v) is 1.59. The monoisotopic (exact) mass is 103 g/mol. The van der Waals surface area contributed by atoms with E-state index in [1.54, 1.807) is 11.8 Å². The summed E-state index contributed by atoms with van der Waals surface area (Å²) in [4.78, 5) is 1.78. The second kappa shape index (κ2) is 2.96. The molecule has 0 atom stereocenters. The summed E-state index contributed by atoms with van der Waals surface area (Å²) in [6.45, 7) is 1.78. The topological polar surface area (TPSA) is 35.5 Å². The van der Waals surface area contributed by atoms with Crippen molar-refractivity contribution in [1.29, 1.82) is 0 Å². The van der Waals surface area contributed by atoms with Crippen LogP contribution in [0.15, 0.2) is 0 Å². The Morgan fingerprint density at radius 2 is 2.00 bits per heavy atom. The van der Waals surface area contributed by atoms with Crippen molar-refractivity contribution in [2.75, 3.05) is 14.1 Å². The Bertz CT molecular complexity index is 47.0. The SMILES string of the molecule is C[C-](NO)N(C)C. The molecule has 44 valence electrons. The minimum atomic E-state index is 0.736. The van der Waals surface area contributed by atoms with Gasteiger partial charge in [0.05, 0.1) is 0 Å². The normalized spacial score (nSPS) is 11.1. The number of hydrogen-bond acceptors (Lipinski definition) is 3. The van der Waals surface area contributed by atoms with E-state index in [9.17, 15) is 0 Å². The zero-order valence-electron chi connectivity index (χ0n) is 4.89. The molecule has 0 spiro atoms. The van der Waals surface area contributed by atoms with E-state index >= 15 is 0 Å². The first-order valence-corrected chi connectivity index (χ1v) is 2.09. The van der Waals surface area contributed by atoms with Crippen LogP contribution in [-0.2, 0) is 0 Å². The summed E-state index contributed by atoms with van der Waals surface area (Å²) >= 11 is 0. The van der Waals surface area contributed by atoms with Gasteiger partial charge in [-0.3, -0.25) is 0 Å². The largest absolute Gasteiger partial charge is 0.443 e. The quantitative estimate of drug-likeness (QED) is 0.382. The standard InChI is InChI=1S/C4H11N2O/c1-4(5-7)6(2)3/h5,7H,1-3H3/q-1. The molecule has 0 aromatic carbocycles. The van der Waals surface area contributed by atoms with Crippen molar-refractivity contribution < 1.29 is 5.21 Å². The van der Waals surface area contributed by atoms with Crippen LogP contribution in [0.25, 0.3) is 0 Å². The molecule has 3 heteroatoms. The fourth-order valence-corrected chi connectivity index (χ4v) is 0.100.